The normalized spacial score (nSPS) is 10.6. The molecule has 1 rings (SSSR count). The first kappa shape index (κ1) is 9.32. The van der Waals surface area contributed by atoms with Crippen molar-refractivity contribution in [3.05, 3.63) is 18.7 Å². The van der Waals surface area contributed by atoms with E-state index in [9.17, 15) is 4.79 Å². The molecule has 3 nitrogen and oxygen atoms in total. The van der Waals surface area contributed by atoms with E-state index in [1.165, 1.54) is 22.7 Å². The molecule has 0 bridgehead atoms. The molecule has 0 radical (unpaired) electrons. The van der Waals surface area contributed by atoms with Crippen molar-refractivity contribution in [1.29, 1.82) is 0 Å². The van der Waals surface area contributed by atoms with Crippen molar-refractivity contribution in [1.82, 2.24) is 9.55 Å². The molecule has 0 spiro atoms. The van der Waals surface area contributed by atoms with Gasteiger partial charge < -0.3 is 0 Å². The molecule has 1 heterocycles. The monoisotopic (exact) mass is 184 g/mol. The number of carbonyl (C=O) groups is 1. The first-order valence-electron chi connectivity index (χ1n) is 3.85. The smallest absolute Gasteiger partial charge is 0.267 e. The van der Waals surface area contributed by atoms with Gasteiger partial charge in [-0.1, -0.05) is 25.6 Å². The summed E-state index contributed by atoms with van der Waals surface area (Å²) in [4.78, 5) is 15.1. The average molecular weight is 184 g/mol. The number of hydrogen-bond acceptors (Lipinski definition) is 3. The lowest BCUT2D eigenvalue weighted by Gasteiger charge is -2.02. The first-order chi connectivity index (χ1) is 5.70. The number of imidazole rings is 1. The number of rotatable bonds is 2. The van der Waals surface area contributed by atoms with Crippen LogP contribution in [0.15, 0.2) is 18.7 Å². The quantitative estimate of drug-likeness (QED) is 0.707. The molecule has 0 fully saturated rings. The molecule has 1 aromatic rings. The molecule has 0 saturated carbocycles. The lowest BCUT2D eigenvalue weighted by atomic mass is 10.3. The van der Waals surface area contributed by atoms with Gasteiger partial charge in [-0.05, 0) is 5.92 Å². The van der Waals surface area contributed by atoms with Crippen LogP contribution in [0, 0.1) is 5.92 Å². The minimum atomic E-state index is 0.0428. The lowest BCUT2D eigenvalue weighted by molar-refractivity contribution is 0.262. The van der Waals surface area contributed by atoms with Crippen LogP contribution in [0.5, 0.6) is 0 Å². The molecule has 0 aliphatic heterocycles. The summed E-state index contributed by atoms with van der Waals surface area (Å²) < 4.78 is 1.49. The van der Waals surface area contributed by atoms with Crippen LogP contribution in [0.4, 0.5) is 4.79 Å². The van der Waals surface area contributed by atoms with Crippen molar-refractivity contribution in [2.24, 2.45) is 5.92 Å². The molecular formula is C8H12N2OS. The highest BCUT2D eigenvalue weighted by atomic mass is 32.2. The Bertz CT molecular complexity index is 244. The molecule has 1 aromatic heterocycles. The van der Waals surface area contributed by atoms with E-state index in [4.69, 9.17) is 0 Å². The molecule has 0 saturated heterocycles. The summed E-state index contributed by atoms with van der Waals surface area (Å²) in [6, 6.07) is 0. The van der Waals surface area contributed by atoms with Crippen molar-refractivity contribution in [3.63, 3.8) is 0 Å². The number of carbonyl (C=O) groups excluding carboxylic acids is 1. The minimum Gasteiger partial charge on any atom is -0.267 e. The Kier molecular flexibility index (Phi) is 3.34. The SMILES string of the molecule is CC(C)CSC(=O)n1ccnc1. The Labute approximate surface area is 76.2 Å². The summed E-state index contributed by atoms with van der Waals surface area (Å²) in [5.41, 5.74) is 0. The van der Waals surface area contributed by atoms with E-state index in [-0.39, 0.29) is 5.24 Å². The van der Waals surface area contributed by atoms with Crippen LogP contribution in [0.2, 0.25) is 0 Å². The minimum absolute atomic E-state index is 0.0428. The maximum atomic E-state index is 11.3. The molecule has 12 heavy (non-hydrogen) atoms. The van der Waals surface area contributed by atoms with Gasteiger partial charge in [0.05, 0.1) is 0 Å². The number of aromatic nitrogens is 2. The van der Waals surface area contributed by atoms with Gasteiger partial charge in [0.2, 0.25) is 0 Å². The van der Waals surface area contributed by atoms with Crippen molar-refractivity contribution in [2.75, 3.05) is 5.75 Å². The Balaban J connectivity index is 2.40. The van der Waals surface area contributed by atoms with Gasteiger partial charge in [-0.25, -0.2) is 4.98 Å². The lowest BCUT2D eigenvalue weighted by Crippen LogP contribution is -2.04. The van der Waals surface area contributed by atoms with E-state index < -0.39 is 0 Å². The zero-order chi connectivity index (χ0) is 8.97. The predicted octanol–water partition coefficient (Wildman–Crippen LogP) is 2.24. The Hall–Kier alpha value is -0.770. The molecule has 0 aromatic carbocycles. The van der Waals surface area contributed by atoms with Gasteiger partial charge in [-0.3, -0.25) is 9.36 Å². The highest BCUT2D eigenvalue weighted by Crippen LogP contribution is 2.10. The molecule has 0 unspecified atom stereocenters. The topological polar surface area (TPSA) is 34.9 Å². The third-order valence-corrected chi connectivity index (χ3v) is 2.55. The van der Waals surface area contributed by atoms with Crippen LogP contribution in [0.25, 0.3) is 0 Å². The standard InChI is InChI=1S/C8H12N2OS/c1-7(2)5-12-8(11)10-4-3-9-6-10/h3-4,6-7H,5H2,1-2H3. The second-order valence-corrected chi connectivity index (χ2v) is 3.91. The number of nitrogens with zero attached hydrogens (tertiary/aromatic N) is 2. The van der Waals surface area contributed by atoms with Crippen LogP contribution >= 0.6 is 11.8 Å². The van der Waals surface area contributed by atoms with E-state index in [0.29, 0.717) is 5.92 Å². The third kappa shape index (κ3) is 2.70. The molecule has 0 aliphatic carbocycles. The third-order valence-electron chi connectivity index (χ3n) is 1.26. The summed E-state index contributed by atoms with van der Waals surface area (Å²) in [5.74, 6) is 1.40. The fourth-order valence-electron chi connectivity index (χ4n) is 0.680. The Morgan fingerprint density at radius 2 is 2.42 bits per heavy atom. The highest BCUT2D eigenvalue weighted by Gasteiger charge is 2.05. The Morgan fingerprint density at radius 1 is 1.67 bits per heavy atom. The van der Waals surface area contributed by atoms with E-state index >= 15 is 0 Å². The summed E-state index contributed by atoms with van der Waals surface area (Å²) in [7, 11) is 0. The zero-order valence-electron chi connectivity index (χ0n) is 7.23. The fourth-order valence-corrected chi connectivity index (χ4v) is 1.41. The molecule has 4 heteroatoms. The molecule has 0 aliphatic rings. The van der Waals surface area contributed by atoms with Gasteiger partial charge in [-0.2, -0.15) is 0 Å². The van der Waals surface area contributed by atoms with Crippen molar-refractivity contribution >= 4 is 17.0 Å². The largest absolute Gasteiger partial charge is 0.290 e. The summed E-state index contributed by atoms with van der Waals surface area (Å²) in [5, 5.41) is 0.0428. The van der Waals surface area contributed by atoms with Gasteiger partial charge in [0.25, 0.3) is 5.24 Å². The van der Waals surface area contributed by atoms with Gasteiger partial charge in [-0.15, -0.1) is 0 Å². The molecule has 0 atom stereocenters. The van der Waals surface area contributed by atoms with E-state index in [2.05, 4.69) is 18.8 Å². The highest BCUT2D eigenvalue weighted by molar-refractivity contribution is 8.13. The van der Waals surface area contributed by atoms with Gasteiger partial charge in [0.15, 0.2) is 0 Å². The van der Waals surface area contributed by atoms with Gasteiger partial charge in [0.1, 0.15) is 6.33 Å². The van der Waals surface area contributed by atoms with E-state index in [1.807, 2.05) is 0 Å². The Morgan fingerprint density at radius 3 is 2.92 bits per heavy atom. The second-order valence-electron chi connectivity index (χ2n) is 2.94. The average Bonchev–Trinajstić information content (AvgIpc) is 2.51. The van der Waals surface area contributed by atoms with E-state index in [1.54, 1.807) is 12.4 Å². The number of hydrogen-bond donors (Lipinski definition) is 0. The van der Waals surface area contributed by atoms with Gasteiger partial charge in [0, 0.05) is 18.1 Å². The predicted molar refractivity (Wildman–Crippen MR) is 50.3 cm³/mol. The molecule has 0 N–H and O–H groups in total. The first-order valence-corrected chi connectivity index (χ1v) is 4.84. The maximum absolute atomic E-state index is 11.3. The fraction of sp³-hybridized carbons (Fsp3) is 0.500. The van der Waals surface area contributed by atoms with Crippen molar-refractivity contribution in [2.45, 2.75) is 13.8 Å². The van der Waals surface area contributed by atoms with Crippen molar-refractivity contribution < 1.29 is 4.79 Å². The van der Waals surface area contributed by atoms with Crippen LogP contribution in [0.1, 0.15) is 13.8 Å². The van der Waals surface area contributed by atoms with Crippen LogP contribution in [0.3, 0.4) is 0 Å². The zero-order valence-corrected chi connectivity index (χ0v) is 8.04. The van der Waals surface area contributed by atoms with Crippen LogP contribution in [-0.2, 0) is 0 Å². The van der Waals surface area contributed by atoms with Crippen LogP contribution in [-0.4, -0.2) is 20.5 Å². The summed E-state index contributed by atoms with van der Waals surface area (Å²) in [6.07, 6.45) is 4.79. The molecule has 66 valence electrons. The number of thioether (sulfide) groups is 1. The van der Waals surface area contributed by atoms with Crippen LogP contribution < -0.4 is 0 Å². The second kappa shape index (κ2) is 4.30. The van der Waals surface area contributed by atoms with Crippen molar-refractivity contribution in [3.8, 4) is 0 Å². The molecular weight excluding hydrogens is 172 g/mol. The maximum Gasteiger partial charge on any atom is 0.290 e. The summed E-state index contributed by atoms with van der Waals surface area (Å²) >= 11 is 1.33. The molecule has 0 amide bonds. The van der Waals surface area contributed by atoms with E-state index in [0.717, 1.165) is 5.75 Å². The van der Waals surface area contributed by atoms with Gasteiger partial charge >= 0.3 is 0 Å². The summed E-state index contributed by atoms with van der Waals surface area (Å²) in [6.45, 7) is 4.18.